The summed E-state index contributed by atoms with van der Waals surface area (Å²) in [4.78, 5) is 12.2. The highest BCUT2D eigenvalue weighted by Crippen LogP contribution is 2.28. The zero-order valence-corrected chi connectivity index (χ0v) is 13.3. The molecule has 2 atom stereocenters. The van der Waals surface area contributed by atoms with Gasteiger partial charge in [-0.05, 0) is 18.9 Å². The first kappa shape index (κ1) is 15.2. The third kappa shape index (κ3) is 3.37. The standard InChI is InChI=1S/C15H20N4O2S/c1-19-8-11(6-18-19)14-13(3-2-4-21-14)17-7-12-5-10(9-22-12)15(16)20/h5-6,8-9,13-14,17H,2-4,7H2,1H3,(H2,16,20)/t13-,14+/m0/s1. The van der Waals surface area contributed by atoms with Crippen LogP contribution in [0.5, 0.6) is 0 Å². The van der Waals surface area contributed by atoms with Crippen molar-refractivity contribution >= 4 is 17.2 Å². The van der Waals surface area contributed by atoms with Gasteiger partial charge in [0, 0.05) is 48.3 Å². The number of thiophene rings is 1. The second-order valence-corrected chi connectivity index (χ2v) is 6.53. The summed E-state index contributed by atoms with van der Waals surface area (Å²) < 4.78 is 7.73. The van der Waals surface area contributed by atoms with Gasteiger partial charge in [0.05, 0.1) is 11.8 Å². The Bertz CT molecular complexity index is 652. The van der Waals surface area contributed by atoms with Crippen molar-refractivity contribution in [2.45, 2.75) is 31.5 Å². The molecule has 0 bridgehead atoms. The van der Waals surface area contributed by atoms with Gasteiger partial charge in [-0.2, -0.15) is 5.10 Å². The van der Waals surface area contributed by atoms with Gasteiger partial charge < -0.3 is 15.8 Å². The van der Waals surface area contributed by atoms with Gasteiger partial charge in [-0.1, -0.05) is 0 Å². The molecule has 1 saturated heterocycles. The van der Waals surface area contributed by atoms with Gasteiger partial charge in [0.2, 0.25) is 5.91 Å². The molecule has 0 spiro atoms. The molecule has 3 N–H and O–H groups in total. The molecule has 0 aliphatic carbocycles. The normalized spacial score (nSPS) is 21.9. The van der Waals surface area contributed by atoms with E-state index in [1.165, 1.54) is 0 Å². The molecule has 0 aromatic carbocycles. The Hall–Kier alpha value is -1.70. The van der Waals surface area contributed by atoms with Gasteiger partial charge in [0.25, 0.3) is 0 Å². The molecule has 1 aliphatic rings. The fourth-order valence-corrected chi connectivity index (χ4v) is 3.56. The Morgan fingerprint density at radius 3 is 3.18 bits per heavy atom. The highest BCUT2D eigenvalue weighted by atomic mass is 32.1. The van der Waals surface area contributed by atoms with Crippen LogP contribution < -0.4 is 11.1 Å². The van der Waals surface area contributed by atoms with Crippen LogP contribution in [-0.4, -0.2) is 28.3 Å². The van der Waals surface area contributed by atoms with Gasteiger partial charge in [-0.3, -0.25) is 9.48 Å². The number of ether oxygens (including phenoxy) is 1. The van der Waals surface area contributed by atoms with Gasteiger partial charge in [-0.15, -0.1) is 11.3 Å². The van der Waals surface area contributed by atoms with E-state index >= 15 is 0 Å². The van der Waals surface area contributed by atoms with Crippen LogP contribution >= 0.6 is 11.3 Å². The molecule has 118 valence electrons. The minimum atomic E-state index is -0.378. The largest absolute Gasteiger partial charge is 0.372 e. The maximum absolute atomic E-state index is 11.1. The van der Waals surface area contributed by atoms with Crippen LogP contribution in [0.25, 0.3) is 0 Å². The molecule has 1 aliphatic heterocycles. The molecular formula is C15H20N4O2S. The summed E-state index contributed by atoms with van der Waals surface area (Å²) in [7, 11) is 1.91. The minimum absolute atomic E-state index is 0.0259. The molecule has 2 aromatic rings. The van der Waals surface area contributed by atoms with Crippen molar-refractivity contribution in [1.82, 2.24) is 15.1 Å². The number of carbonyl (C=O) groups is 1. The Morgan fingerprint density at radius 1 is 1.64 bits per heavy atom. The quantitative estimate of drug-likeness (QED) is 0.876. The lowest BCUT2D eigenvalue weighted by atomic mass is 9.98. The molecule has 22 heavy (non-hydrogen) atoms. The van der Waals surface area contributed by atoms with E-state index in [0.29, 0.717) is 12.1 Å². The number of aryl methyl sites for hydroxylation is 1. The van der Waals surface area contributed by atoms with E-state index in [-0.39, 0.29) is 18.1 Å². The molecule has 6 nitrogen and oxygen atoms in total. The number of amides is 1. The molecule has 3 heterocycles. The fraction of sp³-hybridized carbons (Fsp3) is 0.467. The number of aromatic nitrogens is 2. The van der Waals surface area contributed by atoms with Crippen molar-refractivity contribution in [2.24, 2.45) is 12.8 Å². The highest BCUT2D eigenvalue weighted by Gasteiger charge is 2.28. The maximum Gasteiger partial charge on any atom is 0.249 e. The number of hydrogen-bond acceptors (Lipinski definition) is 5. The molecule has 0 radical (unpaired) electrons. The fourth-order valence-electron chi connectivity index (χ4n) is 2.74. The van der Waals surface area contributed by atoms with Crippen LogP contribution in [0.4, 0.5) is 0 Å². The van der Waals surface area contributed by atoms with Crippen LogP contribution in [0.3, 0.4) is 0 Å². The molecule has 1 fully saturated rings. The average molecular weight is 320 g/mol. The zero-order valence-electron chi connectivity index (χ0n) is 12.5. The molecule has 7 heteroatoms. The van der Waals surface area contributed by atoms with E-state index in [1.54, 1.807) is 21.4 Å². The number of rotatable bonds is 5. The SMILES string of the molecule is Cn1cc([C@H]2OCCC[C@@H]2NCc2cc(C(N)=O)cs2)cn1. The summed E-state index contributed by atoms with van der Waals surface area (Å²) in [5, 5.41) is 9.57. The first-order valence-electron chi connectivity index (χ1n) is 7.34. The van der Waals surface area contributed by atoms with Crippen molar-refractivity contribution in [2.75, 3.05) is 6.61 Å². The smallest absolute Gasteiger partial charge is 0.249 e. The molecule has 0 saturated carbocycles. The van der Waals surface area contributed by atoms with Crippen molar-refractivity contribution in [3.63, 3.8) is 0 Å². The lowest BCUT2D eigenvalue weighted by Gasteiger charge is -2.31. The summed E-state index contributed by atoms with van der Waals surface area (Å²) in [5.41, 5.74) is 6.96. The van der Waals surface area contributed by atoms with Crippen molar-refractivity contribution in [3.8, 4) is 0 Å². The third-order valence-corrected chi connectivity index (χ3v) is 4.79. The second kappa shape index (κ2) is 6.60. The lowest BCUT2D eigenvalue weighted by Crippen LogP contribution is -2.38. The number of primary amides is 1. The summed E-state index contributed by atoms with van der Waals surface area (Å²) in [6, 6.07) is 2.10. The van der Waals surface area contributed by atoms with Crippen LogP contribution in [0.15, 0.2) is 23.8 Å². The van der Waals surface area contributed by atoms with Gasteiger partial charge in [0.15, 0.2) is 0 Å². The summed E-state index contributed by atoms with van der Waals surface area (Å²) >= 11 is 1.55. The van der Waals surface area contributed by atoms with E-state index in [4.69, 9.17) is 10.5 Å². The first-order valence-corrected chi connectivity index (χ1v) is 8.22. The topological polar surface area (TPSA) is 82.2 Å². The Balaban J connectivity index is 1.65. The third-order valence-electron chi connectivity index (χ3n) is 3.85. The number of nitrogens with one attached hydrogen (secondary N) is 1. The second-order valence-electron chi connectivity index (χ2n) is 5.53. The van der Waals surface area contributed by atoms with E-state index in [9.17, 15) is 4.79 Å². The molecule has 2 aromatic heterocycles. The monoisotopic (exact) mass is 320 g/mol. The Morgan fingerprint density at radius 2 is 2.50 bits per heavy atom. The van der Waals surface area contributed by atoms with Crippen LogP contribution in [0.2, 0.25) is 0 Å². The van der Waals surface area contributed by atoms with Crippen molar-refractivity contribution in [1.29, 1.82) is 0 Å². The zero-order chi connectivity index (χ0) is 15.5. The summed E-state index contributed by atoms with van der Waals surface area (Å²) in [5.74, 6) is -0.378. The molecule has 3 rings (SSSR count). The Kier molecular flexibility index (Phi) is 4.56. The number of nitrogens with two attached hydrogens (primary N) is 1. The Labute approximate surface area is 133 Å². The predicted molar refractivity (Wildman–Crippen MR) is 84.6 cm³/mol. The van der Waals surface area contributed by atoms with Gasteiger partial charge in [-0.25, -0.2) is 0 Å². The molecule has 0 unspecified atom stereocenters. The minimum Gasteiger partial charge on any atom is -0.372 e. The van der Waals surface area contributed by atoms with Gasteiger partial charge in [0.1, 0.15) is 6.10 Å². The summed E-state index contributed by atoms with van der Waals surface area (Å²) in [6.45, 7) is 1.49. The average Bonchev–Trinajstić information content (AvgIpc) is 3.14. The molecule has 1 amide bonds. The van der Waals surface area contributed by atoms with Crippen molar-refractivity contribution < 1.29 is 9.53 Å². The van der Waals surface area contributed by atoms with E-state index in [1.807, 2.05) is 25.5 Å². The predicted octanol–water partition coefficient (Wildman–Crippen LogP) is 1.59. The van der Waals surface area contributed by atoms with E-state index < -0.39 is 0 Å². The number of carbonyl (C=O) groups excluding carboxylic acids is 1. The van der Waals surface area contributed by atoms with E-state index in [0.717, 1.165) is 29.9 Å². The van der Waals surface area contributed by atoms with Crippen LogP contribution in [0.1, 0.15) is 39.7 Å². The van der Waals surface area contributed by atoms with Crippen molar-refractivity contribution in [3.05, 3.63) is 39.8 Å². The van der Waals surface area contributed by atoms with Gasteiger partial charge >= 0.3 is 0 Å². The molecular weight excluding hydrogens is 300 g/mol. The number of nitrogens with zero attached hydrogens (tertiary/aromatic N) is 2. The van der Waals surface area contributed by atoms with Crippen LogP contribution in [-0.2, 0) is 18.3 Å². The lowest BCUT2D eigenvalue weighted by molar-refractivity contribution is -0.0111. The number of hydrogen-bond donors (Lipinski definition) is 2. The summed E-state index contributed by atoms with van der Waals surface area (Å²) in [6.07, 6.45) is 6.00. The van der Waals surface area contributed by atoms with Crippen LogP contribution in [0, 0.1) is 0 Å². The van der Waals surface area contributed by atoms with E-state index in [2.05, 4.69) is 10.4 Å². The first-order chi connectivity index (χ1) is 10.6. The maximum atomic E-state index is 11.1. The highest BCUT2D eigenvalue weighted by molar-refractivity contribution is 7.10.